The molecule has 0 amide bonds. The van der Waals surface area contributed by atoms with Gasteiger partial charge in [-0.25, -0.2) is 14.6 Å². The van der Waals surface area contributed by atoms with Crippen molar-refractivity contribution in [2.24, 2.45) is 0 Å². The number of nitrogens with zero attached hydrogens (tertiary/aromatic N) is 1. The van der Waals surface area contributed by atoms with Crippen LogP contribution in [0.2, 0.25) is 0 Å². The van der Waals surface area contributed by atoms with Crippen molar-refractivity contribution in [2.75, 3.05) is 14.2 Å². The first-order valence-corrected chi connectivity index (χ1v) is 6.41. The maximum atomic E-state index is 13.9. The highest BCUT2D eigenvalue weighted by molar-refractivity contribution is 6.07. The van der Waals surface area contributed by atoms with E-state index in [9.17, 15) is 14.0 Å². The Balaban J connectivity index is 2.76. The van der Waals surface area contributed by atoms with Gasteiger partial charge in [0.05, 0.1) is 19.8 Å². The molecule has 114 valence electrons. The third-order valence-corrected chi connectivity index (χ3v) is 3.17. The number of ether oxygens (including phenoxy) is 2. The highest BCUT2D eigenvalue weighted by Gasteiger charge is 2.28. The van der Waals surface area contributed by atoms with E-state index in [0.29, 0.717) is 11.1 Å². The summed E-state index contributed by atoms with van der Waals surface area (Å²) < 4.78 is 23.1. The number of benzene rings is 1. The van der Waals surface area contributed by atoms with Crippen molar-refractivity contribution in [1.82, 2.24) is 4.98 Å². The van der Waals surface area contributed by atoms with Gasteiger partial charge in [-0.05, 0) is 12.5 Å². The van der Waals surface area contributed by atoms with E-state index in [-0.39, 0.29) is 5.56 Å². The van der Waals surface area contributed by atoms with Gasteiger partial charge in [0.25, 0.3) is 0 Å². The molecule has 0 aliphatic rings. The first-order valence-electron chi connectivity index (χ1n) is 6.41. The molecule has 0 spiro atoms. The molecule has 1 heterocycles. The summed E-state index contributed by atoms with van der Waals surface area (Å²) in [5.74, 6) is -2.90. The molecule has 5 nitrogen and oxygen atoms in total. The zero-order valence-corrected chi connectivity index (χ0v) is 12.3. The van der Waals surface area contributed by atoms with Gasteiger partial charge in [0, 0.05) is 11.8 Å². The molecule has 6 heteroatoms. The number of carbonyl (C=O) groups excluding carboxylic acids is 2. The van der Waals surface area contributed by atoms with Crippen LogP contribution in [0, 0.1) is 12.9 Å². The van der Waals surface area contributed by atoms with E-state index >= 15 is 0 Å². The van der Waals surface area contributed by atoms with Crippen molar-refractivity contribution >= 4 is 11.9 Å². The van der Waals surface area contributed by atoms with Crippen LogP contribution in [0.15, 0.2) is 30.5 Å². The van der Waals surface area contributed by atoms with Crippen LogP contribution in [0.25, 0.3) is 11.1 Å². The molecule has 0 fully saturated rings. The summed E-state index contributed by atoms with van der Waals surface area (Å²) in [7, 11) is 2.25. The average Bonchev–Trinajstić information content (AvgIpc) is 2.54. The van der Waals surface area contributed by atoms with Crippen LogP contribution in [0.3, 0.4) is 0 Å². The summed E-state index contributed by atoms with van der Waals surface area (Å²) in [5, 5.41) is 0. The Morgan fingerprint density at radius 3 is 2.09 bits per heavy atom. The Bertz CT molecular complexity index is 726. The SMILES string of the molecule is COC(=O)c1c(-c2ccc(C)cc2)cnc(F)c1C(=O)OC. The van der Waals surface area contributed by atoms with Crippen LogP contribution in [0.5, 0.6) is 0 Å². The fourth-order valence-electron chi connectivity index (χ4n) is 2.04. The zero-order chi connectivity index (χ0) is 16.3. The number of aromatic nitrogens is 1. The van der Waals surface area contributed by atoms with Crippen LogP contribution < -0.4 is 0 Å². The van der Waals surface area contributed by atoms with E-state index in [4.69, 9.17) is 0 Å². The van der Waals surface area contributed by atoms with Crippen LogP contribution >= 0.6 is 0 Å². The molecule has 0 aliphatic heterocycles. The number of esters is 2. The normalized spacial score (nSPS) is 10.2. The van der Waals surface area contributed by atoms with Crippen LogP contribution in [0.4, 0.5) is 4.39 Å². The van der Waals surface area contributed by atoms with Crippen molar-refractivity contribution in [3.8, 4) is 11.1 Å². The smallest absolute Gasteiger partial charge is 0.343 e. The van der Waals surface area contributed by atoms with E-state index in [1.807, 2.05) is 19.1 Å². The lowest BCUT2D eigenvalue weighted by Gasteiger charge is -2.12. The summed E-state index contributed by atoms with van der Waals surface area (Å²) in [4.78, 5) is 27.4. The topological polar surface area (TPSA) is 65.5 Å². The lowest BCUT2D eigenvalue weighted by atomic mass is 9.97. The van der Waals surface area contributed by atoms with E-state index in [1.165, 1.54) is 6.20 Å². The molecule has 0 atom stereocenters. The highest BCUT2D eigenvalue weighted by atomic mass is 19.1. The summed E-state index contributed by atoms with van der Waals surface area (Å²) in [6.45, 7) is 1.91. The number of hydrogen-bond acceptors (Lipinski definition) is 5. The molecular formula is C16H14FNO4. The number of aryl methyl sites for hydroxylation is 1. The molecule has 2 rings (SSSR count). The van der Waals surface area contributed by atoms with Gasteiger partial charge in [-0.1, -0.05) is 29.8 Å². The molecule has 0 saturated heterocycles. The predicted octanol–water partition coefficient (Wildman–Crippen LogP) is 2.77. The molecule has 2 aromatic rings. The molecule has 0 saturated carbocycles. The number of hydrogen-bond donors (Lipinski definition) is 0. The molecule has 0 unspecified atom stereocenters. The highest BCUT2D eigenvalue weighted by Crippen LogP contribution is 2.28. The van der Waals surface area contributed by atoms with Gasteiger partial charge >= 0.3 is 11.9 Å². The monoisotopic (exact) mass is 303 g/mol. The minimum Gasteiger partial charge on any atom is -0.465 e. The van der Waals surface area contributed by atoms with Crippen molar-refractivity contribution in [2.45, 2.75) is 6.92 Å². The second-order valence-electron chi connectivity index (χ2n) is 4.56. The molecule has 0 radical (unpaired) electrons. The number of rotatable bonds is 3. The van der Waals surface area contributed by atoms with Crippen LogP contribution in [-0.4, -0.2) is 31.1 Å². The Morgan fingerprint density at radius 2 is 1.55 bits per heavy atom. The maximum Gasteiger partial charge on any atom is 0.343 e. The second kappa shape index (κ2) is 6.34. The Labute approximate surface area is 126 Å². The first kappa shape index (κ1) is 15.6. The number of halogens is 1. The minimum atomic E-state index is -1.08. The van der Waals surface area contributed by atoms with E-state index in [1.54, 1.807) is 12.1 Å². The van der Waals surface area contributed by atoms with Crippen molar-refractivity contribution < 1.29 is 23.5 Å². The fourth-order valence-corrected chi connectivity index (χ4v) is 2.04. The van der Waals surface area contributed by atoms with Gasteiger partial charge in [0.2, 0.25) is 5.95 Å². The standard InChI is InChI=1S/C16H14FNO4/c1-9-4-6-10(7-5-9)11-8-18-14(17)13(16(20)22-3)12(11)15(19)21-2/h4-8H,1-3H3. The molecule has 0 aliphatic carbocycles. The lowest BCUT2D eigenvalue weighted by Crippen LogP contribution is -2.16. The Morgan fingerprint density at radius 1 is 1.00 bits per heavy atom. The van der Waals surface area contributed by atoms with Crippen LogP contribution in [-0.2, 0) is 9.47 Å². The largest absolute Gasteiger partial charge is 0.465 e. The van der Waals surface area contributed by atoms with Gasteiger partial charge < -0.3 is 9.47 Å². The van der Waals surface area contributed by atoms with Crippen molar-refractivity contribution in [1.29, 1.82) is 0 Å². The van der Waals surface area contributed by atoms with Crippen LogP contribution in [0.1, 0.15) is 26.3 Å². The number of carbonyl (C=O) groups is 2. The van der Waals surface area contributed by atoms with E-state index in [0.717, 1.165) is 19.8 Å². The molecule has 0 bridgehead atoms. The number of methoxy groups -OCH3 is 2. The minimum absolute atomic E-state index is 0.203. The van der Waals surface area contributed by atoms with Gasteiger partial charge in [0.1, 0.15) is 5.56 Å². The second-order valence-corrected chi connectivity index (χ2v) is 4.56. The first-order chi connectivity index (χ1) is 10.5. The third-order valence-electron chi connectivity index (χ3n) is 3.17. The maximum absolute atomic E-state index is 13.9. The van der Waals surface area contributed by atoms with Gasteiger partial charge in [-0.3, -0.25) is 0 Å². The van der Waals surface area contributed by atoms with E-state index in [2.05, 4.69) is 14.5 Å². The quantitative estimate of drug-likeness (QED) is 0.644. The van der Waals surface area contributed by atoms with Gasteiger partial charge in [-0.15, -0.1) is 0 Å². The molecular weight excluding hydrogens is 289 g/mol. The fraction of sp³-hybridized carbons (Fsp3) is 0.188. The summed E-state index contributed by atoms with van der Waals surface area (Å²) >= 11 is 0. The Kier molecular flexibility index (Phi) is 4.50. The summed E-state index contributed by atoms with van der Waals surface area (Å²) in [6.07, 6.45) is 1.19. The molecule has 0 N–H and O–H groups in total. The Hall–Kier alpha value is -2.76. The van der Waals surface area contributed by atoms with E-state index < -0.39 is 23.4 Å². The summed E-state index contributed by atoms with van der Waals surface area (Å²) in [6, 6.07) is 7.16. The lowest BCUT2D eigenvalue weighted by molar-refractivity contribution is 0.0550. The average molecular weight is 303 g/mol. The number of pyridine rings is 1. The third kappa shape index (κ3) is 2.81. The van der Waals surface area contributed by atoms with Gasteiger partial charge in [0.15, 0.2) is 0 Å². The summed E-state index contributed by atoms with van der Waals surface area (Å²) in [5.41, 5.74) is 1.20. The van der Waals surface area contributed by atoms with Gasteiger partial charge in [-0.2, -0.15) is 4.39 Å². The molecule has 1 aromatic carbocycles. The predicted molar refractivity (Wildman–Crippen MR) is 77.0 cm³/mol. The molecule has 1 aromatic heterocycles. The van der Waals surface area contributed by atoms with Crippen molar-refractivity contribution in [3.05, 3.63) is 53.1 Å². The van der Waals surface area contributed by atoms with Crippen molar-refractivity contribution in [3.63, 3.8) is 0 Å². The molecule has 22 heavy (non-hydrogen) atoms. The zero-order valence-electron chi connectivity index (χ0n) is 12.3.